The van der Waals surface area contributed by atoms with Crippen molar-refractivity contribution in [3.05, 3.63) is 107 Å². The van der Waals surface area contributed by atoms with Crippen molar-refractivity contribution in [3.8, 4) is 0 Å². The molecular formula is C36H47ClN4O. The molecule has 3 atom stereocenters. The molecule has 0 spiro atoms. The molecule has 2 fully saturated rings. The minimum atomic E-state index is 0.0738. The highest BCUT2D eigenvalue weighted by Crippen LogP contribution is 2.42. The maximum absolute atomic E-state index is 13.2. The molecule has 1 N–H and O–H groups in total. The van der Waals surface area contributed by atoms with Gasteiger partial charge in [0.05, 0.1) is 0 Å². The average Bonchev–Trinajstić information content (AvgIpc) is 3.44. The molecule has 6 heteroatoms. The molecule has 2 aliphatic rings. The molecule has 1 unspecified atom stereocenters. The van der Waals surface area contributed by atoms with Gasteiger partial charge in [0.1, 0.15) is 0 Å². The van der Waals surface area contributed by atoms with Gasteiger partial charge in [-0.1, -0.05) is 91.3 Å². The first kappa shape index (κ1) is 30.6. The second-order valence-corrected chi connectivity index (χ2v) is 12.8. The van der Waals surface area contributed by atoms with Crippen molar-refractivity contribution in [3.63, 3.8) is 0 Å². The van der Waals surface area contributed by atoms with Crippen molar-refractivity contribution < 1.29 is 4.79 Å². The van der Waals surface area contributed by atoms with Crippen LogP contribution in [0, 0.1) is 5.92 Å². The summed E-state index contributed by atoms with van der Waals surface area (Å²) in [5, 5.41) is 3.98. The van der Waals surface area contributed by atoms with Crippen LogP contribution in [0.25, 0.3) is 0 Å². The van der Waals surface area contributed by atoms with E-state index >= 15 is 0 Å². The first-order valence-corrected chi connectivity index (χ1v) is 16.2. The Morgan fingerprint density at radius 2 is 1.60 bits per heavy atom. The summed E-state index contributed by atoms with van der Waals surface area (Å²) in [5.74, 6) is 1.19. The predicted molar refractivity (Wildman–Crippen MR) is 174 cm³/mol. The first-order valence-electron chi connectivity index (χ1n) is 15.8. The number of nitrogens with zero attached hydrogens (tertiary/aromatic N) is 3. The Kier molecular flexibility index (Phi) is 11.0. The third-order valence-corrected chi connectivity index (χ3v) is 9.58. The fourth-order valence-corrected chi connectivity index (χ4v) is 7.34. The number of amides is 2. The number of urea groups is 1. The molecule has 3 aromatic rings. The smallest absolute Gasteiger partial charge is 0.317 e. The van der Waals surface area contributed by atoms with E-state index in [-0.39, 0.29) is 6.03 Å². The van der Waals surface area contributed by atoms with Crippen LogP contribution in [-0.4, -0.2) is 66.0 Å². The Morgan fingerprint density at radius 1 is 0.905 bits per heavy atom. The van der Waals surface area contributed by atoms with E-state index in [1.807, 2.05) is 30.3 Å². The predicted octanol–water partition coefficient (Wildman–Crippen LogP) is 7.42. The van der Waals surface area contributed by atoms with E-state index in [1.54, 1.807) is 0 Å². The van der Waals surface area contributed by atoms with E-state index in [2.05, 4.69) is 88.6 Å². The topological polar surface area (TPSA) is 38.8 Å². The van der Waals surface area contributed by atoms with Crippen LogP contribution in [0.4, 0.5) is 4.79 Å². The van der Waals surface area contributed by atoms with Crippen LogP contribution in [0.3, 0.4) is 0 Å². The summed E-state index contributed by atoms with van der Waals surface area (Å²) in [6, 6.07) is 30.5. The van der Waals surface area contributed by atoms with Crippen LogP contribution < -0.4 is 5.32 Å². The van der Waals surface area contributed by atoms with Crippen molar-refractivity contribution in [2.45, 2.75) is 70.1 Å². The van der Waals surface area contributed by atoms with Gasteiger partial charge < -0.3 is 15.1 Å². The zero-order valence-corrected chi connectivity index (χ0v) is 26.1. The Morgan fingerprint density at radius 3 is 2.29 bits per heavy atom. The highest BCUT2D eigenvalue weighted by Gasteiger charge is 2.38. The first-order chi connectivity index (χ1) is 20.5. The second-order valence-electron chi connectivity index (χ2n) is 12.3. The minimum absolute atomic E-state index is 0.0738. The molecule has 0 radical (unpaired) electrons. The number of carbonyl (C=O) groups is 1. The molecule has 0 bridgehead atoms. The monoisotopic (exact) mass is 586 g/mol. The SMILES string of the molecule is CCCN(C(=O)NCc1ccccc1)C1CCN(C[C@H]2CC(N(C)Cc3cccc(Cl)c3)C[C@@H]2c2ccccc2)CC1. The van der Waals surface area contributed by atoms with Gasteiger partial charge >= 0.3 is 6.03 Å². The lowest BCUT2D eigenvalue weighted by Gasteiger charge is -2.39. The van der Waals surface area contributed by atoms with Gasteiger partial charge in [-0.15, -0.1) is 0 Å². The van der Waals surface area contributed by atoms with E-state index in [0.717, 1.165) is 62.6 Å². The van der Waals surface area contributed by atoms with Crippen molar-refractivity contribution in [1.82, 2.24) is 20.0 Å². The molecule has 1 heterocycles. The van der Waals surface area contributed by atoms with Crippen molar-refractivity contribution in [2.24, 2.45) is 5.92 Å². The summed E-state index contributed by atoms with van der Waals surface area (Å²) in [5.41, 5.74) is 3.88. The summed E-state index contributed by atoms with van der Waals surface area (Å²) in [4.78, 5) is 20.5. The molecule has 1 aliphatic heterocycles. The number of piperidine rings is 1. The molecule has 224 valence electrons. The molecule has 1 aliphatic carbocycles. The van der Waals surface area contributed by atoms with Gasteiger partial charge in [-0.25, -0.2) is 4.79 Å². The maximum atomic E-state index is 13.2. The third kappa shape index (κ3) is 8.15. The molecule has 5 rings (SSSR count). The lowest BCUT2D eigenvalue weighted by Crippen LogP contribution is -2.51. The van der Waals surface area contributed by atoms with E-state index in [4.69, 9.17) is 11.6 Å². The normalized spacial score (nSPS) is 21.5. The Balaban J connectivity index is 1.18. The Bertz CT molecular complexity index is 1250. The standard InChI is InChI=1S/C36H47ClN4O/c1-3-19-41(36(42)38-25-28-11-6-4-7-12-28)33-17-20-40(21-18-33)27-31-23-34(24-35(31)30-14-8-5-9-15-30)39(2)26-29-13-10-16-32(37)22-29/h4-16,22,31,33-35H,3,17-21,23-27H2,1-2H3,(H,38,42)/t31-,34?,35-/m1/s1. The van der Waals surface area contributed by atoms with E-state index in [1.165, 1.54) is 24.0 Å². The summed E-state index contributed by atoms with van der Waals surface area (Å²) in [6.45, 7) is 7.71. The van der Waals surface area contributed by atoms with Gasteiger partial charge in [0, 0.05) is 56.4 Å². The van der Waals surface area contributed by atoms with Crippen LogP contribution in [0.5, 0.6) is 0 Å². The van der Waals surface area contributed by atoms with Crippen LogP contribution in [-0.2, 0) is 13.1 Å². The van der Waals surface area contributed by atoms with Crippen LogP contribution in [0.2, 0.25) is 5.02 Å². The fraction of sp³-hybridized carbons (Fsp3) is 0.472. The third-order valence-electron chi connectivity index (χ3n) is 9.34. The van der Waals surface area contributed by atoms with Gasteiger partial charge in [0.25, 0.3) is 0 Å². The van der Waals surface area contributed by atoms with Crippen LogP contribution in [0.15, 0.2) is 84.9 Å². The van der Waals surface area contributed by atoms with Crippen molar-refractivity contribution in [1.29, 1.82) is 0 Å². The highest BCUT2D eigenvalue weighted by atomic mass is 35.5. The molecule has 0 aromatic heterocycles. The zero-order chi connectivity index (χ0) is 29.3. The summed E-state index contributed by atoms with van der Waals surface area (Å²) >= 11 is 6.28. The number of halogens is 1. The van der Waals surface area contributed by atoms with Gasteiger partial charge in [0.15, 0.2) is 0 Å². The zero-order valence-electron chi connectivity index (χ0n) is 25.3. The highest BCUT2D eigenvalue weighted by molar-refractivity contribution is 6.30. The molecule has 1 saturated carbocycles. The largest absolute Gasteiger partial charge is 0.334 e. The molecular weight excluding hydrogens is 540 g/mol. The van der Waals surface area contributed by atoms with E-state index in [9.17, 15) is 4.79 Å². The number of hydrogen-bond donors (Lipinski definition) is 1. The quantitative estimate of drug-likeness (QED) is 0.254. The number of nitrogens with one attached hydrogen (secondary N) is 1. The molecule has 2 amide bonds. The molecule has 3 aromatic carbocycles. The summed E-state index contributed by atoms with van der Waals surface area (Å²) < 4.78 is 0. The maximum Gasteiger partial charge on any atom is 0.317 e. The van der Waals surface area contributed by atoms with Crippen molar-refractivity contribution in [2.75, 3.05) is 33.2 Å². The molecule has 5 nitrogen and oxygen atoms in total. The Hall–Kier alpha value is -2.86. The molecule has 1 saturated heterocycles. The number of rotatable bonds is 11. The number of hydrogen-bond acceptors (Lipinski definition) is 3. The lowest BCUT2D eigenvalue weighted by molar-refractivity contribution is 0.108. The number of carbonyl (C=O) groups excluding carboxylic acids is 1. The van der Waals surface area contributed by atoms with E-state index < -0.39 is 0 Å². The number of benzene rings is 3. The molecule has 42 heavy (non-hydrogen) atoms. The fourth-order valence-electron chi connectivity index (χ4n) is 7.13. The average molecular weight is 587 g/mol. The second kappa shape index (κ2) is 15.0. The van der Waals surface area contributed by atoms with Gasteiger partial charge in [-0.05, 0) is 79.8 Å². The lowest BCUT2D eigenvalue weighted by atomic mass is 9.88. The summed E-state index contributed by atoms with van der Waals surface area (Å²) in [6.07, 6.45) is 5.46. The van der Waals surface area contributed by atoms with Gasteiger partial charge in [-0.2, -0.15) is 0 Å². The Labute approximate surface area is 257 Å². The van der Waals surface area contributed by atoms with Crippen LogP contribution >= 0.6 is 11.6 Å². The van der Waals surface area contributed by atoms with E-state index in [0.29, 0.717) is 30.5 Å². The van der Waals surface area contributed by atoms with Gasteiger partial charge in [0.2, 0.25) is 0 Å². The summed E-state index contributed by atoms with van der Waals surface area (Å²) in [7, 11) is 2.27. The van der Waals surface area contributed by atoms with Crippen molar-refractivity contribution >= 4 is 17.6 Å². The minimum Gasteiger partial charge on any atom is -0.334 e. The van der Waals surface area contributed by atoms with Crippen LogP contribution in [0.1, 0.15) is 61.6 Å². The van der Waals surface area contributed by atoms with Gasteiger partial charge in [-0.3, -0.25) is 4.90 Å². The number of likely N-dealkylation sites (tertiary alicyclic amines) is 1.